The number of hydrogen-bond acceptors (Lipinski definition) is 4. The van der Waals surface area contributed by atoms with Crippen LogP contribution >= 0.6 is 11.3 Å². The summed E-state index contributed by atoms with van der Waals surface area (Å²) in [5, 5.41) is 4.12. The first-order chi connectivity index (χ1) is 10.3. The SMILES string of the molecule is O=C(NCCC(=O)N1CCc2sccc2C1)OCC(F)(F)F. The lowest BCUT2D eigenvalue weighted by Gasteiger charge is -2.27. The van der Waals surface area contributed by atoms with Gasteiger partial charge in [-0.1, -0.05) is 0 Å². The van der Waals surface area contributed by atoms with Crippen LogP contribution in [0.5, 0.6) is 0 Å². The van der Waals surface area contributed by atoms with Gasteiger partial charge in [-0.2, -0.15) is 13.2 Å². The number of amides is 2. The largest absolute Gasteiger partial charge is 0.440 e. The van der Waals surface area contributed by atoms with Gasteiger partial charge in [0.05, 0.1) is 0 Å². The minimum Gasteiger partial charge on any atom is -0.440 e. The van der Waals surface area contributed by atoms with Gasteiger partial charge in [0.2, 0.25) is 5.91 Å². The summed E-state index contributed by atoms with van der Waals surface area (Å²) in [7, 11) is 0. The molecule has 0 bridgehead atoms. The molecule has 0 spiro atoms. The number of nitrogens with zero attached hydrogens (tertiary/aromatic N) is 1. The van der Waals surface area contributed by atoms with Crippen molar-refractivity contribution in [2.75, 3.05) is 19.7 Å². The standard InChI is InChI=1S/C13H15F3N2O3S/c14-13(15,16)8-21-12(20)17-4-1-11(19)18-5-2-10-9(7-18)3-6-22-10/h3,6H,1-2,4-5,7-8H2,(H,17,20). The fourth-order valence-electron chi connectivity index (χ4n) is 2.09. The van der Waals surface area contributed by atoms with Gasteiger partial charge in [-0.15, -0.1) is 11.3 Å². The first-order valence-corrected chi connectivity index (χ1v) is 7.53. The molecule has 1 N–H and O–H groups in total. The van der Waals surface area contributed by atoms with Gasteiger partial charge >= 0.3 is 12.3 Å². The number of halogens is 3. The summed E-state index contributed by atoms with van der Waals surface area (Å²) in [6.45, 7) is -0.538. The van der Waals surface area contributed by atoms with Crippen molar-refractivity contribution in [3.63, 3.8) is 0 Å². The Balaban J connectivity index is 1.67. The molecule has 0 saturated heterocycles. The summed E-state index contributed by atoms with van der Waals surface area (Å²) in [6, 6.07) is 1.98. The Kier molecular flexibility index (Phi) is 5.28. The quantitative estimate of drug-likeness (QED) is 0.918. The van der Waals surface area contributed by atoms with E-state index < -0.39 is 18.9 Å². The van der Waals surface area contributed by atoms with Gasteiger partial charge in [0.1, 0.15) is 0 Å². The molecule has 2 rings (SSSR count). The highest BCUT2D eigenvalue weighted by Gasteiger charge is 2.29. The molecule has 2 heterocycles. The molecule has 1 aromatic rings. The average molecular weight is 336 g/mol. The number of carbonyl (C=O) groups excluding carboxylic acids is 2. The summed E-state index contributed by atoms with van der Waals surface area (Å²) in [4.78, 5) is 26.0. The van der Waals surface area contributed by atoms with Crippen LogP contribution in [0.15, 0.2) is 11.4 Å². The number of thiophene rings is 1. The first-order valence-electron chi connectivity index (χ1n) is 6.65. The number of alkyl halides is 3. The molecule has 5 nitrogen and oxygen atoms in total. The van der Waals surface area contributed by atoms with Gasteiger partial charge in [0.25, 0.3) is 0 Å². The summed E-state index contributed by atoms with van der Waals surface area (Å²) in [6.07, 6.45) is -4.90. The topological polar surface area (TPSA) is 58.6 Å². The molecule has 122 valence electrons. The van der Waals surface area contributed by atoms with Crippen molar-refractivity contribution in [1.82, 2.24) is 10.2 Å². The van der Waals surface area contributed by atoms with Crippen molar-refractivity contribution >= 4 is 23.3 Å². The minimum absolute atomic E-state index is 0.0284. The van der Waals surface area contributed by atoms with Gasteiger partial charge in [-0.3, -0.25) is 4.79 Å². The molecule has 2 amide bonds. The normalized spacial score (nSPS) is 14.4. The predicted molar refractivity (Wildman–Crippen MR) is 73.5 cm³/mol. The third kappa shape index (κ3) is 4.90. The second-order valence-electron chi connectivity index (χ2n) is 4.80. The summed E-state index contributed by atoms with van der Waals surface area (Å²) < 4.78 is 39.5. The number of ether oxygens (including phenoxy) is 1. The van der Waals surface area contributed by atoms with Crippen LogP contribution in [0.4, 0.5) is 18.0 Å². The van der Waals surface area contributed by atoms with Crippen LogP contribution in [-0.4, -0.2) is 42.8 Å². The van der Waals surface area contributed by atoms with E-state index >= 15 is 0 Å². The number of alkyl carbamates (subject to hydrolysis) is 1. The van der Waals surface area contributed by atoms with Gasteiger partial charge in [0.15, 0.2) is 6.61 Å². The molecule has 9 heteroatoms. The van der Waals surface area contributed by atoms with Gasteiger partial charge in [-0.05, 0) is 23.4 Å². The first kappa shape index (κ1) is 16.6. The third-order valence-corrected chi connectivity index (χ3v) is 4.16. The zero-order valence-electron chi connectivity index (χ0n) is 11.6. The third-order valence-electron chi connectivity index (χ3n) is 3.14. The Morgan fingerprint density at radius 1 is 1.41 bits per heavy atom. The van der Waals surface area contributed by atoms with E-state index in [1.165, 1.54) is 4.88 Å². The van der Waals surface area contributed by atoms with Crippen LogP contribution < -0.4 is 5.32 Å². The molecule has 22 heavy (non-hydrogen) atoms. The van der Waals surface area contributed by atoms with Gasteiger partial charge < -0.3 is 15.0 Å². The van der Waals surface area contributed by atoms with Crippen molar-refractivity contribution in [2.45, 2.75) is 25.6 Å². The maximum Gasteiger partial charge on any atom is 0.422 e. The zero-order chi connectivity index (χ0) is 16.2. The van der Waals surface area contributed by atoms with Crippen molar-refractivity contribution in [1.29, 1.82) is 0 Å². The molecule has 1 aliphatic rings. The Hall–Kier alpha value is -1.77. The van der Waals surface area contributed by atoms with Crippen molar-refractivity contribution in [2.24, 2.45) is 0 Å². The average Bonchev–Trinajstić information content (AvgIpc) is 2.91. The lowest BCUT2D eigenvalue weighted by atomic mass is 10.1. The molecular weight excluding hydrogens is 321 g/mol. The zero-order valence-corrected chi connectivity index (χ0v) is 12.4. The van der Waals surface area contributed by atoms with E-state index in [0.29, 0.717) is 13.1 Å². The highest BCUT2D eigenvalue weighted by molar-refractivity contribution is 7.10. The monoisotopic (exact) mass is 336 g/mol. The fraction of sp³-hybridized carbons (Fsp3) is 0.538. The smallest absolute Gasteiger partial charge is 0.422 e. The lowest BCUT2D eigenvalue weighted by Crippen LogP contribution is -2.38. The predicted octanol–water partition coefficient (Wildman–Crippen LogP) is 2.31. The van der Waals surface area contributed by atoms with E-state index in [-0.39, 0.29) is 18.9 Å². The molecule has 0 saturated carbocycles. The summed E-state index contributed by atoms with van der Waals surface area (Å²) in [5.74, 6) is -0.145. The van der Waals surface area contributed by atoms with Gasteiger partial charge in [0, 0.05) is 30.9 Å². The molecule has 0 unspecified atom stereocenters. The van der Waals surface area contributed by atoms with E-state index in [1.54, 1.807) is 16.2 Å². The molecule has 1 aromatic heterocycles. The number of rotatable bonds is 4. The lowest BCUT2D eigenvalue weighted by molar-refractivity contribution is -0.160. The van der Waals surface area contributed by atoms with E-state index in [1.807, 2.05) is 11.4 Å². The van der Waals surface area contributed by atoms with Crippen LogP contribution in [-0.2, 0) is 22.5 Å². The maximum absolute atomic E-state index is 12.0. The molecule has 0 fully saturated rings. The highest BCUT2D eigenvalue weighted by atomic mass is 32.1. The Morgan fingerprint density at radius 2 is 2.18 bits per heavy atom. The molecular formula is C13H15F3N2O3S. The summed E-state index contributed by atoms with van der Waals surface area (Å²) in [5.41, 5.74) is 1.13. The van der Waals surface area contributed by atoms with Crippen LogP contribution in [0.2, 0.25) is 0 Å². The number of fused-ring (bicyclic) bond motifs is 1. The fourth-order valence-corrected chi connectivity index (χ4v) is 2.98. The van der Waals surface area contributed by atoms with Crippen LogP contribution in [0.1, 0.15) is 16.9 Å². The Labute approximate surface area is 129 Å². The second kappa shape index (κ2) is 6.99. The Morgan fingerprint density at radius 3 is 2.91 bits per heavy atom. The Bertz CT molecular complexity index is 545. The molecule has 0 atom stereocenters. The van der Waals surface area contributed by atoms with E-state index in [9.17, 15) is 22.8 Å². The molecule has 0 radical (unpaired) electrons. The minimum atomic E-state index is -4.56. The van der Waals surface area contributed by atoms with Gasteiger partial charge in [-0.25, -0.2) is 4.79 Å². The number of hydrogen-bond donors (Lipinski definition) is 1. The van der Waals surface area contributed by atoms with E-state index in [2.05, 4.69) is 10.1 Å². The van der Waals surface area contributed by atoms with Crippen LogP contribution in [0, 0.1) is 0 Å². The second-order valence-corrected chi connectivity index (χ2v) is 5.80. The van der Waals surface area contributed by atoms with Crippen LogP contribution in [0.3, 0.4) is 0 Å². The molecule has 0 aromatic carbocycles. The van der Waals surface area contributed by atoms with Crippen molar-refractivity contribution in [3.05, 3.63) is 21.9 Å². The number of nitrogens with one attached hydrogen (secondary N) is 1. The molecule has 0 aliphatic carbocycles. The molecule has 1 aliphatic heterocycles. The van der Waals surface area contributed by atoms with Crippen molar-refractivity contribution in [3.8, 4) is 0 Å². The van der Waals surface area contributed by atoms with Crippen molar-refractivity contribution < 1.29 is 27.5 Å². The maximum atomic E-state index is 12.0. The van der Waals surface area contributed by atoms with Crippen LogP contribution in [0.25, 0.3) is 0 Å². The number of carbonyl (C=O) groups is 2. The van der Waals surface area contributed by atoms with E-state index in [0.717, 1.165) is 12.0 Å². The summed E-state index contributed by atoms with van der Waals surface area (Å²) >= 11 is 1.66. The van der Waals surface area contributed by atoms with E-state index in [4.69, 9.17) is 0 Å². The highest BCUT2D eigenvalue weighted by Crippen LogP contribution is 2.24.